The van der Waals surface area contributed by atoms with E-state index < -0.39 is 24.0 Å². The SMILES string of the molecule is CN1CCCc2ccc(OC[C@H]3O[C@@H]([N+]4(C)CCC5C(N)NCNC54)[C@H](O)[C@]3(C)O)cc21. The van der Waals surface area contributed by atoms with Crippen LogP contribution >= 0.6 is 0 Å². The predicted molar refractivity (Wildman–Crippen MR) is 121 cm³/mol. The molecule has 0 bridgehead atoms. The van der Waals surface area contributed by atoms with Crippen LogP contribution in [0.5, 0.6) is 5.75 Å². The summed E-state index contributed by atoms with van der Waals surface area (Å²) in [6.45, 7) is 4.30. The number of aryl methyl sites for hydroxylation is 1. The molecule has 8 atom stereocenters. The summed E-state index contributed by atoms with van der Waals surface area (Å²) in [5.74, 6) is 1.000. The van der Waals surface area contributed by atoms with Gasteiger partial charge in [0.1, 0.15) is 24.1 Å². The predicted octanol–water partition coefficient (Wildman–Crippen LogP) is -0.488. The van der Waals surface area contributed by atoms with Gasteiger partial charge in [-0.25, -0.2) is 0 Å². The minimum absolute atomic E-state index is 0.0672. The summed E-state index contributed by atoms with van der Waals surface area (Å²) in [5.41, 5.74) is 7.40. The molecule has 4 aliphatic heterocycles. The summed E-state index contributed by atoms with van der Waals surface area (Å²) in [4.78, 5) is 2.25. The quantitative estimate of drug-likeness (QED) is 0.393. The number of quaternary nitrogens is 1. The molecule has 1 aromatic carbocycles. The van der Waals surface area contributed by atoms with Crippen molar-refractivity contribution in [2.75, 3.05) is 45.4 Å². The molecule has 4 aliphatic rings. The highest BCUT2D eigenvalue weighted by molar-refractivity contribution is 5.58. The van der Waals surface area contributed by atoms with Crippen molar-refractivity contribution >= 4 is 5.69 Å². The zero-order chi connectivity index (χ0) is 22.7. The fourth-order valence-corrected chi connectivity index (χ4v) is 6.14. The summed E-state index contributed by atoms with van der Waals surface area (Å²) in [5, 5.41) is 29.1. The first kappa shape index (κ1) is 22.3. The van der Waals surface area contributed by atoms with Gasteiger partial charge in [-0.3, -0.25) is 15.1 Å². The third-order valence-corrected chi connectivity index (χ3v) is 8.31. The molecule has 5 rings (SSSR count). The molecule has 0 aromatic heterocycles. The van der Waals surface area contributed by atoms with Gasteiger partial charge >= 0.3 is 0 Å². The monoisotopic (exact) mass is 448 g/mol. The number of fused-ring (bicyclic) bond motifs is 2. The Bertz CT molecular complexity index is 854. The van der Waals surface area contributed by atoms with Crippen molar-refractivity contribution in [2.24, 2.45) is 11.7 Å². The van der Waals surface area contributed by atoms with Gasteiger partial charge in [0.15, 0.2) is 12.3 Å². The molecule has 0 aliphatic carbocycles. The average molecular weight is 449 g/mol. The molecule has 1 aromatic rings. The third kappa shape index (κ3) is 3.51. The number of aliphatic hydroxyl groups is 2. The summed E-state index contributed by atoms with van der Waals surface area (Å²) >= 11 is 0. The molecule has 3 saturated heterocycles. The molecule has 0 spiro atoms. The second-order valence-corrected chi connectivity index (χ2v) is 10.4. The maximum Gasteiger partial charge on any atom is 0.224 e. The summed E-state index contributed by atoms with van der Waals surface area (Å²) in [6.07, 6.45) is 0.945. The van der Waals surface area contributed by atoms with Crippen molar-refractivity contribution in [1.82, 2.24) is 10.6 Å². The minimum Gasteiger partial charge on any atom is -0.491 e. The molecular weight excluding hydrogens is 410 g/mol. The highest BCUT2D eigenvalue weighted by Crippen LogP contribution is 2.42. The van der Waals surface area contributed by atoms with Gasteiger partial charge in [-0.1, -0.05) is 6.07 Å². The van der Waals surface area contributed by atoms with Crippen molar-refractivity contribution in [3.05, 3.63) is 23.8 Å². The van der Waals surface area contributed by atoms with Gasteiger partial charge in [-0.05, 0) is 31.4 Å². The van der Waals surface area contributed by atoms with E-state index in [2.05, 4.69) is 41.8 Å². The second kappa shape index (κ2) is 8.09. The Morgan fingerprint density at radius 1 is 1.38 bits per heavy atom. The molecule has 32 heavy (non-hydrogen) atoms. The molecule has 0 saturated carbocycles. The highest BCUT2D eigenvalue weighted by Gasteiger charge is 2.64. The third-order valence-electron chi connectivity index (χ3n) is 8.31. The van der Waals surface area contributed by atoms with Crippen LogP contribution < -0.4 is 26.0 Å². The lowest BCUT2D eigenvalue weighted by atomic mass is 9.94. The van der Waals surface area contributed by atoms with Gasteiger partial charge in [-0.2, -0.15) is 0 Å². The van der Waals surface area contributed by atoms with Crippen molar-refractivity contribution in [3.63, 3.8) is 0 Å². The standard InChI is InChI=1S/C23H38N5O4/c1-23(30)18(12-31-15-7-6-14-5-4-9-27(2)17(14)11-15)32-22(19(23)29)28(3)10-8-16-20(24)25-13-26-21(16)28/h6-7,11,16,18-22,25-26,29-30H,4-5,8-10,12-13,24H2,1-3H3/q+1/t16?,18-,19+,20?,21?,22-,23-,28?/m1/s1. The minimum atomic E-state index is -1.41. The van der Waals surface area contributed by atoms with E-state index in [9.17, 15) is 10.2 Å². The number of likely N-dealkylation sites (tertiary alicyclic amines) is 1. The van der Waals surface area contributed by atoms with Gasteiger partial charge in [0, 0.05) is 31.8 Å². The molecule has 3 fully saturated rings. The Hall–Kier alpha value is -1.46. The van der Waals surface area contributed by atoms with Crippen LogP contribution in [0.15, 0.2) is 18.2 Å². The summed E-state index contributed by atoms with van der Waals surface area (Å²) < 4.78 is 12.9. The molecule has 0 radical (unpaired) electrons. The van der Waals surface area contributed by atoms with Crippen LogP contribution in [-0.2, 0) is 11.2 Å². The van der Waals surface area contributed by atoms with Crippen LogP contribution in [0.25, 0.3) is 0 Å². The van der Waals surface area contributed by atoms with E-state index in [1.54, 1.807) is 6.92 Å². The number of hydrogen-bond acceptors (Lipinski definition) is 8. The first-order valence-corrected chi connectivity index (χ1v) is 11.8. The largest absolute Gasteiger partial charge is 0.491 e. The van der Waals surface area contributed by atoms with Crippen LogP contribution in [0, 0.1) is 5.92 Å². The molecule has 0 amide bonds. The van der Waals surface area contributed by atoms with Crippen molar-refractivity contribution in [2.45, 2.75) is 62.6 Å². The smallest absolute Gasteiger partial charge is 0.224 e. The van der Waals surface area contributed by atoms with Crippen LogP contribution in [-0.4, -0.2) is 91.5 Å². The number of nitrogens with one attached hydrogen (secondary N) is 2. The Morgan fingerprint density at radius 2 is 2.19 bits per heavy atom. The molecule has 6 N–H and O–H groups in total. The van der Waals surface area contributed by atoms with Crippen LogP contribution in [0.1, 0.15) is 25.3 Å². The van der Waals surface area contributed by atoms with Crippen molar-refractivity contribution < 1.29 is 24.2 Å². The molecule has 4 heterocycles. The maximum absolute atomic E-state index is 11.2. The Morgan fingerprint density at radius 3 is 3.00 bits per heavy atom. The first-order chi connectivity index (χ1) is 15.2. The number of likely N-dealkylation sites (N-methyl/N-ethyl adjacent to an activating group) is 1. The van der Waals surface area contributed by atoms with E-state index in [1.165, 1.54) is 11.3 Å². The molecule has 9 heteroatoms. The Kier molecular flexibility index (Phi) is 5.65. The summed E-state index contributed by atoms with van der Waals surface area (Å²) in [6, 6.07) is 6.16. The maximum atomic E-state index is 11.2. The van der Waals surface area contributed by atoms with E-state index in [0.717, 1.165) is 38.1 Å². The fraction of sp³-hybridized carbons (Fsp3) is 0.739. The molecule has 178 valence electrons. The molecular formula is C23H38N5O4+. The van der Waals surface area contributed by atoms with E-state index in [4.69, 9.17) is 15.2 Å². The normalized spacial score (nSPS) is 43.8. The van der Waals surface area contributed by atoms with E-state index in [1.807, 2.05) is 6.07 Å². The van der Waals surface area contributed by atoms with Crippen LogP contribution in [0.4, 0.5) is 5.69 Å². The number of ether oxygens (including phenoxy) is 2. The van der Waals surface area contributed by atoms with Gasteiger partial charge in [-0.15, -0.1) is 0 Å². The van der Waals surface area contributed by atoms with Gasteiger partial charge in [0.25, 0.3) is 0 Å². The van der Waals surface area contributed by atoms with Crippen LogP contribution in [0.2, 0.25) is 0 Å². The zero-order valence-corrected chi connectivity index (χ0v) is 19.3. The van der Waals surface area contributed by atoms with Crippen molar-refractivity contribution in [3.8, 4) is 5.75 Å². The number of benzene rings is 1. The number of anilines is 1. The summed E-state index contributed by atoms with van der Waals surface area (Å²) in [7, 11) is 4.18. The number of aliphatic hydroxyl groups excluding tert-OH is 1. The Balaban J connectivity index is 1.30. The van der Waals surface area contributed by atoms with E-state index in [0.29, 0.717) is 11.2 Å². The zero-order valence-electron chi connectivity index (χ0n) is 19.3. The lowest BCUT2D eigenvalue weighted by molar-refractivity contribution is -0.972. The van der Waals surface area contributed by atoms with Crippen LogP contribution in [0.3, 0.4) is 0 Å². The van der Waals surface area contributed by atoms with Crippen molar-refractivity contribution in [1.29, 1.82) is 0 Å². The second-order valence-electron chi connectivity index (χ2n) is 10.4. The fourth-order valence-electron chi connectivity index (χ4n) is 6.14. The lowest BCUT2D eigenvalue weighted by Gasteiger charge is -2.45. The van der Waals surface area contributed by atoms with Gasteiger partial charge in [0.05, 0.1) is 32.3 Å². The average Bonchev–Trinajstić information content (AvgIpc) is 3.23. The lowest BCUT2D eigenvalue weighted by Crippen LogP contribution is -2.71. The van der Waals surface area contributed by atoms with E-state index >= 15 is 0 Å². The van der Waals surface area contributed by atoms with Gasteiger partial charge < -0.3 is 30.3 Å². The number of rotatable bonds is 4. The Labute approximate surface area is 190 Å². The molecule has 4 unspecified atom stereocenters. The number of nitrogens with zero attached hydrogens (tertiary/aromatic N) is 2. The number of hydrogen-bond donors (Lipinski definition) is 5. The highest BCUT2D eigenvalue weighted by atomic mass is 16.6. The van der Waals surface area contributed by atoms with Gasteiger partial charge in [0.2, 0.25) is 6.23 Å². The topological polar surface area (TPSA) is 112 Å². The number of nitrogens with two attached hydrogens (primary N) is 1. The van der Waals surface area contributed by atoms with E-state index in [-0.39, 0.29) is 24.9 Å². The first-order valence-electron chi connectivity index (χ1n) is 11.8. The molecule has 9 nitrogen and oxygen atoms in total.